The fourth-order valence-corrected chi connectivity index (χ4v) is 2.76. The van der Waals surface area contributed by atoms with Crippen molar-refractivity contribution in [3.05, 3.63) is 0 Å². The fraction of sp³-hybridized carbons (Fsp3) is 0.857. The molecule has 1 amide bonds. The van der Waals surface area contributed by atoms with Gasteiger partial charge in [0.1, 0.15) is 0 Å². The summed E-state index contributed by atoms with van der Waals surface area (Å²) < 4.78 is 0. The molecule has 1 rings (SSSR count). The van der Waals surface area contributed by atoms with Crippen LogP contribution in [-0.4, -0.2) is 36.1 Å². The van der Waals surface area contributed by atoms with Gasteiger partial charge >= 0.3 is 5.97 Å². The van der Waals surface area contributed by atoms with Crippen LogP contribution in [0.5, 0.6) is 0 Å². The normalized spacial score (nSPS) is 19.7. The summed E-state index contributed by atoms with van der Waals surface area (Å²) >= 11 is 0. The molecular weight excluding hydrogens is 244 g/mol. The molecule has 1 saturated heterocycles. The van der Waals surface area contributed by atoms with Crippen LogP contribution in [0, 0.1) is 5.41 Å². The monoisotopic (exact) mass is 270 g/mol. The average molecular weight is 270 g/mol. The maximum Gasteiger partial charge on any atom is 0.303 e. The first-order chi connectivity index (χ1) is 9.00. The van der Waals surface area contributed by atoms with E-state index in [0.717, 1.165) is 38.8 Å². The van der Waals surface area contributed by atoms with E-state index < -0.39 is 5.97 Å². The maximum absolute atomic E-state index is 12.5. The van der Waals surface area contributed by atoms with Crippen LogP contribution in [0.25, 0.3) is 0 Å². The predicted molar refractivity (Wildman–Crippen MR) is 73.9 cm³/mol. The molecule has 110 valence electrons. The van der Waals surface area contributed by atoms with Gasteiger partial charge in [-0.25, -0.2) is 0 Å². The summed E-state index contributed by atoms with van der Waals surface area (Å²) in [5.41, 5.74) is -0.252. The van der Waals surface area contributed by atoms with Crippen LogP contribution in [0.1, 0.15) is 52.4 Å². The SMILES string of the molecule is CCCC1(C(=O)NC(C)CCC(=O)O)CCNCC1. The van der Waals surface area contributed by atoms with Gasteiger partial charge < -0.3 is 15.7 Å². The third-order valence-corrected chi connectivity index (χ3v) is 3.94. The second-order valence-electron chi connectivity index (χ2n) is 5.59. The molecule has 1 atom stereocenters. The van der Waals surface area contributed by atoms with E-state index in [1.54, 1.807) is 0 Å². The number of hydrogen-bond donors (Lipinski definition) is 3. The molecule has 3 N–H and O–H groups in total. The first-order valence-electron chi connectivity index (χ1n) is 7.23. The molecule has 1 heterocycles. The number of aliphatic carboxylic acids is 1. The van der Waals surface area contributed by atoms with E-state index in [4.69, 9.17) is 5.11 Å². The number of carboxylic acids is 1. The summed E-state index contributed by atoms with van der Waals surface area (Å²) in [7, 11) is 0. The molecular formula is C14H26N2O3. The lowest BCUT2D eigenvalue weighted by molar-refractivity contribution is -0.138. The van der Waals surface area contributed by atoms with Crippen LogP contribution >= 0.6 is 0 Å². The summed E-state index contributed by atoms with van der Waals surface area (Å²) in [4.78, 5) is 23.0. The van der Waals surface area contributed by atoms with Gasteiger partial charge in [0.2, 0.25) is 5.91 Å². The Hall–Kier alpha value is -1.10. The minimum Gasteiger partial charge on any atom is -0.481 e. The topological polar surface area (TPSA) is 78.4 Å². The average Bonchev–Trinajstić information content (AvgIpc) is 2.37. The van der Waals surface area contributed by atoms with Crippen LogP contribution in [0.15, 0.2) is 0 Å². The molecule has 1 fully saturated rings. The summed E-state index contributed by atoms with van der Waals surface area (Å²) in [6.45, 7) is 5.75. The second-order valence-corrected chi connectivity index (χ2v) is 5.59. The van der Waals surface area contributed by atoms with Gasteiger partial charge in [-0.05, 0) is 45.7 Å². The van der Waals surface area contributed by atoms with Crippen molar-refractivity contribution in [1.82, 2.24) is 10.6 Å². The number of carbonyl (C=O) groups excluding carboxylic acids is 1. The molecule has 0 radical (unpaired) electrons. The van der Waals surface area contributed by atoms with Crippen LogP contribution in [0.4, 0.5) is 0 Å². The van der Waals surface area contributed by atoms with Crippen molar-refractivity contribution in [2.45, 2.75) is 58.4 Å². The van der Waals surface area contributed by atoms with Crippen molar-refractivity contribution in [2.75, 3.05) is 13.1 Å². The highest BCUT2D eigenvalue weighted by molar-refractivity contribution is 5.83. The van der Waals surface area contributed by atoms with Crippen LogP contribution in [-0.2, 0) is 9.59 Å². The Bertz CT molecular complexity index is 306. The van der Waals surface area contributed by atoms with Crippen molar-refractivity contribution in [1.29, 1.82) is 0 Å². The first kappa shape index (κ1) is 16.0. The number of carbonyl (C=O) groups is 2. The largest absolute Gasteiger partial charge is 0.481 e. The summed E-state index contributed by atoms with van der Waals surface area (Å²) in [6.07, 6.45) is 4.24. The number of rotatable bonds is 7. The van der Waals surface area contributed by atoms with Gasteiger partial charge in [-0.3, -0.25) is 9.59 Å². The highest BCUT2D eigenvalue weighted by Crippen LogP contribution is 2.34. The first-order valence-corrected chi connectivity index (χ1v) is 7.23. The number of piperidine rings is 1. The van der Waals surface area contributed by atoms with Gasteiger partial charge in [0.25, 0.3) is 0 Å². The van der Waals surface area contributed by atoms with Crippen LogP contribution in [0.2, 0.25) is 0 Å². The second kappa shape index (κ2) is 7.48. The van der Waals surface area contributed by atoms with E-state index in [9.17, 15) is 9.59 Å². The standard InChI is InChI=1S/C14H26N2O3/c1-3-6-14(7-9-15-10-8-14)13(19)16-11(2)4-5-12(17)18/h11,15H,3-10H2,1-2H3,(H,16,19)(H,17,18). The fourth-order valence-electron chi connectivity index (χ4n) is 2.76. The molecule has 0 aromatic carbocycles. The Morgan fingerprint density at radius 3 is 2.53 bits per heavy atom. The van der Waals surface area contributed by atoms with Crippen molar-refractivity contribution < 1.29 is 14.7 Å². The lowest BCUT2D eigenvalue weighted by atomic mass is 9.74. The van der Waals surface area contributed by atoms with Gasteiger partial charge in [-0.1, -0.05) is 13.3 Å². The van der Waals surface area contributed by atoms with E-state index in [1.807, 2.05) is 6.92 Å². The molecule has 1 unspecified atom stereocenters. The molecule has 0 aromatic rings. The van der Waals surface area contributed by atoms with Crippen LogP contribution in [0.3, 0.4) is 0 Å². The Kier molecular flexibility index (Phi) is 6.28. The zero-order valence-corrected chi connectivity index (χ0v) is 12.0. The van der Waals surface area contributed by atoms with Crippen LogP contribution < -0.4 is 10.6 Å². The third-order valence-electron chi connectivity index (χ3n) is 3.94. The number of hydrogen-bond acceptors (Lipinski definition) is 3. The molecule has 19 heavy (non-hydrogen) atoms. The minimum atomic E-state index is -0.814. The number of carboxylic acid groups (broad SMARTS) is 1. The third kappa shape index (κ3) is 4.82. The van der Waals surface area contributed by atoms with Gasteiger partial charge in [0.15, 0.2) is 0 Å². The lowest BCUT2D eigenvalue weighted by Gasteiger charge is -2.37. The zero-order chi connectivity index (χ0) is 14.3. The van der Waals surface area contributed by atoms with Crippen molar-refractivity contribution in [3.8, 4) is 0 Å². The van der Waals surface area contributed by atoms with E-state index in [2.05, 4.69) is 17.6 Å². The highest BCUT2D eigenvalue weighted by Gasteiger charge is 2.38. The Labute approximate surface area is 115 Å². The Morgan fingerprint density at radius 2 is 2.00 bits per heavy atom. The van der Waals surface area contributed by atoms with Gasteiger partial charge in [0, 0.05) is 12.5 Å². The molecule has 5 heteroatoms. The quantitative estimate of drug-likeness (QED) is 0.655. The molecule has 0 aromatic heterocycles. The molecule has 1 aliphatic rings. The molecule has 0 saturated carbocycles. The maximum atomic E-state index is 12.5. The summed E-state index contributed by atoms with van der Waals surface area (Å²) in [6, 6.07) is -0.0767. The van der Waals surface area contributed by atoms with Crippen molar-refractivity contribution in [2.24, 2.45) is 5.41 Å². The number of nitrogens with one attached hydrogen (secondary N) is 2. The molecule has 0 bridgehead atoms. The van der Waals surface area contributed by atoms with E-state index in [-0.39, 0.29) is 23.8 Å². The van der Waals surface area contributed by atoms with E-state index in [1.165, 1.54) is 0 Å². The van der Waals surface area contributed by atoms with Gasteiger partial charge in [-0.2, -0.15) is 0 Å². The predicted octanol–water partition coefficient (Wildman–Crippen LogP) is 1.53. The minimum absolute atomic E-state index is 0.0767. The summed E-state index contributed by atoms with van der Waals surface area (Å²) in [5.74, 6) is -0.708. The smallest absolute Gasteiger partial charge is 0.303 e. The molecule has 5 nitrogen and oxygen atoms in total. The van der Waals surface area contributed by atoms with Crippen molar-refractivity contribution in [3.63, 3.8) is 0 Å². The Morgan fingerprint density at radius 1 is 1.37 bits per heavy atom. The lowest BCUT2D eigenvalue weighted by Crippen LogP contribution is -2.49. The Balaban J connectivity index is 2.54. The molecule has 0 aliphatic carbocycles. The summed E-state index contributed by atoms with van der Waals surface area (Å²) in [5, 5.41) is 14.9. The van der Waals surface area contributed by atoms with E-state index >= 15 is 0 Å². The van der Waals surface area contributed by atoms with E-state index in [0.29, 0.717) is 6.42 Å². The van der Waals surface area contributed by atoms with Crippen molar-refractivity contribution >= 4 is 11.9 Å². The molecule has 1 aliphatic heterocycles. The number of amides is 1. The highest BCUT2D eigenvalue weighted by atomic mass is 16.4. The van der Waals surface area contributed by atoms with Gasteiger partial charge in [0.05, 0.1) is 5.41 Å². The molecule has 0 spiro atoms. The zero-order valence-electron chi connectivity index (χ0n) is 12.0. The van der Waals surface area contributed by atoms with Gasteiger partial charge in [-0.15, -0.1) is 0 Å².